The van der Waals surface area contributed by atoms with Crippen molar-refractivity contribution in [2.75, 3.05) is 0 Å². The smallest absolute Gasteiger partial charge is 0.521 e. The molecule has 0 bridgehead atoms. The molecular weight excluding hydrogens is 123 g/mol. The summed E-state index contributed by atoms with van der Waals surface area (Å²) < 4.78 is 4.49. The zero-order valence-corrected chi connectivity index (χ0v) is 5.05. The number of hydrogen-bond donors (Lipinski definition) is 0. The molecule has 1 radical (unpaired) electrons. The Morgan fingerprint density at radius 1 is 1.71 bits per heavy atom. The Morgan fingerprint density at radius 3 is 2.14 bits per heavy atom. The fraction of sp³-hybridized carbons (Fsp3) is 0.667. The highest BCUT2D eigenvalue weighted by molar-refractivity contribution is 6.28. The van der Waals surface area contributed by atoms with E-state index in [1.807, 2.05) is 5.79 Å². The summed E-state index contributed by atoms with van der Waals surface area (Å²) in [5, 5.41) is 0. The maximum absolute atomic E-state index is 9.84. The van der Waals surface area contributed by atoms with Gasteiger partial charge in [0.15, 0.2) is 0 Å². The first-order valence-electron chi connectivity index (χ1n) is 1.72. The quantitative estimate of drug-likeness (QED) is 0.418. The first kappa shape index (κ1) is 10.3. The molecule has 0 saturated heterocycles. The predicted molar refractivity (Wildman–Crippen MR) is 34.7 cm³/mol. The van der Waals surface area contributed by atoms with E-state index in [2.05, 4.69) is 3.79 Å². The van der Waals surface area contributed by atoms with E-state index in [0.29, 0.717) is 0 Å². The molecule has 41 valence electrons. The van der Waals surface area contributed by atoms with E-state index < -0.39 is 0 Å². The lowest BCUT2D eigenvalue weighted by Gasteiger charge is -1.90. The average Bonchev–Trinajstić information content (AvgIpc) is 1.35. The minimum absolute atomic E-state index is 0. The Hall–Kier alpha value is 0.219. The molecule has 0 atom stereocenters. The van der Waals surface area contributed by atoms with Gasteiger partial charge in [0, 0.05) is 6.92 Å². The number of hydrogen-bond acceptors (Lipinski definition) is 2. The summed E-state index contributed by atoms with van der Waals surface area (Å²) in [6.07, 6.45) is 0. The first-order valence-corrected chi connectivity index (χ1v) is 3.35. The molecular formula is C3H10AlO2Si. The van der Waals surface area contributed by atoms with Crippen molar-refractivity contribution < 1.29 is 8.58 Å². The van der Waals surface area contributed by atoms with Crippen molar-refractivity contribution in [2.45, 2.75) is 12.7 Å². The van der Waals surface area contributed by atoms with E-state index in [1.54, 1.807) is 0 Å². The summed E-state index contributed by atoms with van der Waals surface area (Å²) >= 11 is -0.0972. The van der Waals surface area contributed by atoms with Gasteiger partial charge in [0.05, 0.1) is 0 Å². The molecule has 0 heterocycles. The highest BCUT2D eigenvalue weighted by atomic mass is 28.1. The molecule has 0 aliphatic heterocycles. The van der Waals surface area contributed by atoms with Gasteiger partial charge in [-0.3, -0.25) is 4.79 Å². The number of carbonyl (C=O) groups is 1. The first-order chi connectivity index (χ1) is 2.77. The molecule has 0 unspecified atom stereocenters. The van der Waals surface area contributed by atoms with E-state index >= 15 is 0 Å². The Labute approximate surface area is 54.3 Å². The maximum Gasteiger partial charge on any atom is 0.521 e. The van der Waals surface area contributed by atoms with Crippen molar-refractivity contribution in [3.8, 4) is 0 Å². The minimum Gasteiger partial charge on any atom is -0.622 e. The molecule has 0 aromatic rings. The number of carbonyl (C=O) groups excluding carboxylic acids is 1. The highest BCUT2D eigenvalue weighted by Crippen LogP contribution is 1.67. The lowest BCUT2D eigenvalue weighted by molar-refractivity contribution is -0.131. The lowest BCUT2D eigenvalue weighted by atomic mass is 10.9. The van der Waals surface area contributed by atoms with Gasteiger partial charge < -0.3 is 3.79 Å². The van der Waals surface area contributed by atoms with Gasteiger partial charge in [-0.05, 0) is 11.0 Å². The largest absolute Gasteiger partial charge is 0.622 e. The van der Waals surface area contributed by atoms with Crippen molar-refractivity contribution >= 4 is 32.5 Å². The number of rotatable bonds is 1. The van der Waals surface area contributed by atoms with Gasteiger partial charge in [0.25, 0.3) is 5.97 Å². The van der Waals surface area contributed by atoms with Crippen LogP contribution in [-0.4, -0.2) is 32.5 Å². The SMILES string of the molecule is [CH3][Al][O]C(C)=O.[SiH4]. The molecule has 0 aromatic heterocycles. The molecule has 0 N–H and O–H groups in total. The van der Waals surface area contributed by atoms with Crippen LogP contribution in [0.5, 0.6) is 0 Å². The average molecular weight is 133 g/mol. The third kappa shape index (κ3) is 10.7. The van der Waals surface area contributed by atoms with Gasteiger partial charge in [-0.1, -0.05) is 5.79 Å². The Bertz CT molecular complexity index is 56.9. The maximum atomic E-state index is 9.84. The Morgan fingerprint density at radius 2 is 2.14 bits per heavy atom. The molecule has 7 heavy (non-hydrogen) atoms. The van der Waals surface area contributed by atoms with Gasteiger partial charge in [-0.2, -0.15) is 0 Å². The second-order valence-corrected chi connectivity index (χ2v) is 1.55. The topological polar surface area (TPSA) is 26.3 Å². The van der Waals surface area contributed by atoms with Crippen LogP contribution in [0.15, 0.2) is 0 Å². The summed E-state index contributed by atoms with van der Waals surface area (Å²) in [6, 6.07) is 0. The van der Waals surface area contributed by atoms with Crippen LogP contribution < -0.4 is 0 Å². The van der Waals surface area contributed by atoms with Crippen LogP contribution in [0.4, 0.5) is 0 Å². The Kier molecular flexibility index (Phi) is 9.11. The van der Waals surface area contributed by atoms with Crippen molar-refractivity contribution in [2.24, 2.45) is 0 Å². The monoisotopic (exact) mass is 133 g/mol. The van der Waals surface area contributed by atoms with Crippen LogP contribution in [-0.2, 0) is 8.58 Å². The molecule has 2 nitrogen and oxygen atoms in total. The van der Waals surface area contributed by atoms with Gasteiger partial charge >= 0.3 is 15.6 Å². The standard InChI is InChI=1S/C2H4O2.CH3.Al.H4Si/c1-2(3)4;;;/h1H3,(H,3,4);1H3;;1H4/q;;+1;/p-1. The molecule has 0 rings (SSSR count). The second kappa shape index (κ2) is 6.22. The van der Waals surface area contributed by atoms with Crippen molar-refractivity contribution in [1.29, 1.82) is 0 Å². The highest BCUT2D eigenvalue weighted by Gasteiger charge is 1.86. The summed E-state index contributed by atoms with van der Waals surface area (Å²) in [7, 11) is 0. The summed E-state index contributed by atoms with van der Waals surface area (Å²) in [6.45, 7) is 1.41. The van der Waals surface area contributed by atoms with E-state index in [1.165, 1.54) is 6.92 Å². The van der Waals surface area contributed by atoms with Crippen LogP contribution in [0.2, 0.25) is 5.79 Å². The van der Waals surface area contributed by atoms with Gasteiger partial charge in [-0.15, -0.1) is 0 Å². The molecule has 0 fully saturated rings. The fourth-order valence-electron chi connectivity index (χ4n) is 0.166. The van der Waals surface area contributed by atoms with Crippen LogP contribution in [0.25, 0.3) is 0 Å². The summed E-state index contributed by atoms with van der Waals surface area (Å²) in [5.74, 6) is 1.69. The van der Waals surface area contributed by atoms with Gasteiger partial charge in [0.2, 0.25) is 0 Å². The lowest BCUT2D eigenvalue weighted by Crippen LogP contribution is -1.98. The summed E-state index contributed by atoms with van der Waals surface area (Å²) in [5.41, 5.74) is 0. The molecule has 4 heteroatoms. The molecule has 0 aromatic carbocycles. The van der Waals surface area contributed by atoms with Crippen molar-refractivity contribution in [1.82, 2.24) is 0 Å². The van der Waals surface area contributed by atoms with Crippen LogP contribution in [0.1, 0.15) is 6.92 Å². The Balaban J connectivity index is 0. The minimum atomic E-state index is -0.174. The van der Waals surface area contributed by atoms with Crippen LogP contribution in [0, 0.1) is 0 Å². The van der Waals surface area contributed by atoms with E-state index in [-0.39, 0.29) is 32.5 Å². The molecule has 0 amide bonds. The van der Waals surface area contributed by atoms with Crippen molar-refractivity contribution in [3.05, 3.63) is 0 Å². The van der Waals surface area contributed by atoms with E-state index in [0.717, 1.165) is 0 Å². The zero-order chi connectivity index (χ0) is 4.99. The fourth-order valence-corrected chi connectivity index (χ4v) is 0.498. The van der Waals surface area contributed by atoms with Gasteiger partial charge in [0.1, 0.15) is 0 Å². The molecule has 0 aliphatic carbocycles. The van der Waals surface area contributed by atoms with E-state index in [4.69, 9.17) is 0 Å². The normalized spacial score (nSPS) is 6.00. The summed E-state index contributed by atoms with van der Waals surface area (Å²) in [4.78, 5) is 9.84. The third-order valence-corrected chi connectivity index (χ3v) is 0.851. The molecule has 0 spiro atoms. The second-order valence-electron chi connectivity index (χ2n) is 0.845. The van der Waals surface area contributed by atoms with Crippen LogP contribution in [0.3, 0.4) is 0 Å². The van der Waals surface area contributed by atoms with Gasteiger partial charge in [-0.25, -0.2) is 0 Å². The zero-order valence-electron chi connectivity index (χ0n) is 3.89. The third-order valence-electron chi connectivity index (χ3n) is 0.284. The van der Waals surface area contributed by atoms with Crippen molar-refractivity contribution in [3.63, 3.8) is 0 Å². The van der Waals surface area contributed by atoms with E-state index in [9.17, 15) is 4.79 Å². The molecule has 0 aliphatic rings. The molecule has 0 saturated carbocycles. The predicted octanol–water partition coefficient (Wildman–Crippen LogP) is -1.23. The van der Waals surface area contributed by atoms with Crippen LogP contribution >= 0.6 is 0 Å².